The van der Waals surface area contributed by atoms with Gasteiger partial charge in [0.25, 0.3) is 11.1 Å². The Morgan fingerprint density at radius 3 is 2.64 bits per heavy atom. The molecule has 0 saturated carbocycles. The van der Waals surface area contributed by atoms with E-state index >= 15 is 0 Å². The molecular weight excluding hydrogens is 436 g/mol. The molecule has 33 heavy (non-hydrogen) atoms. The largest absolute Gasteiger partial charge is 0.490 e. The summed E-state index contributed by atoms with van der Waals surface area (Å²) in [6.45, 7) is 8.69. The molecule has 3 rings (SSSR count). The summed E-state index contributed by atoms with van der Waals surface area (Å²) < 4.78 is 12.0. The van der Waals surface area contributed by atoms with Gasteiger partial charge in [0.15, 0.2) is 11.5 Å². The third kappa shape index (κ3) is 5.65. The molecule has 1 saturated heterocycles. The van der Waals surface area contributed by atoms with Crippen LogP contribution in [-0.2, 0) is 17.8 Å². The molecule has 0 aliphatic carbocycles. The molecule has 0 radical (unpaired) electrons. The van der Waals surface area contributed by atoms with Gasteiger partial charge in [-0.25, -0.2) is 0 Å². The van der Waals surface area contributed by atoms with Crippen LogP contribution in [0.15, 0.2) is 54.0 Å². The highest BCUT2D eigenvalue weighted by molar-refractivity contribution is 8.18. The van der Waals surface area contributed by atoms with Crippen LogP contribution in [0, 0.1) is 11.3 Å². The van der Waals surface area contributed by atoms with Gasteiger partial charge in [0.2, 0.25) is 0 Å². The van der Waals surface area contributed by atoms with E-state index in [4.69, 9.17) is 9.47 Å². The molecule has 6 nitrogen and oxygen atoms in total. The van der Waals surface area contributed by atoms with E-state index in [2.05, 4.69) is 12.6 Å². The summed E-state index contributed by atoms with van der Waals surface area (Å²) in [4.78, 5) is 26.5. The number of thioether (sulfide) groups is 1. The van der Waals surface area contributed by atoms with Crippen LogP contribution in [0.4, 0.5) is 4.79 Å². The second-order valence-corrected chi connectivity index (χ2v) is 8.32. The van der Waals surface area contributed by atoms with Gasteiger partial charge in [-0.05, 0) is 61.4 Å². The number of ether oxygens (including phenoxy) is 2. The Kier molecular flexibility index (Phi) is 8.34. The van der Waals surface area contributed by atoms with Crippen molar-refractivity contribution in [3.8, 4) is 17.6 Å². The number of allylic oxidation sites excluding steroid dienone is 1. The fourth-order valence-electron chi connectivity index (χ4n) is 3.47. The first-order valence-corrected chi connectivity index (χ1v) is 11.6. The highest BCUT2D eigenvalue weighted by Crippen LogP contribution is 2.38. The quantitative estimate of drug-likeness (QED) is 0.332. The smallest absolute Gasteiger partial charge is 0.293 e. The van der Waals surface area contributed by atoms with Crippen molar-refractivity contribution in [2.45, 2.75) is 33.3 Å². The summed E-state index contributed by atoms with van der Waals surface area (Å²) in [5.74, 6) is 0.828. The van der Waals surface area contributed by atoms with Crippen molar-refractivity contribution < 1.29 is 19.1 Å². The van der Waals surface area contributed by atoms with E-state index in [1.54, 1.807) is 24.3 Å². The Balaban J connectivity index is 1.96. The molecule has 7 heteroatoms. The molecule has 0 spiro atoms. The Hall–Kier alpha value is -3.50. The van der Waals surface area contributed by atoms with Gasteiger partial charge in [0, 0.05) is 17.7 Å². The number of nitriles is 1. The number of rotatable bonds is 10. The molecule has 0 aromatic heterocycles. The number of hydrogen-bond acceptors (Lipinski definition) is 6. The molecule has 2 aromatic rings. The fraction of sp³-hybridized carbons (Fsp3) is 0.269. The Morgan fingerprint density at radius 2 is 1.94 bits per heavy atom. The van der Waals surface area contributed by atoms with E-state index in [0.29, 0.717) is 48.0 Å². The van der Waals surface area contributed by atoms with Gasteiger partial charge in [0.1, 0.15) is 6.61 Å². The van der Waals surface area contributed by atoms with Crippen molar-refractivity contribution in [3.63, 3.8) is 0 Å². The van der Waals surface area contributed by atoms with Crippen molar-refractivity contribution >= 4 is 29.0 Å². The van der Waals surface area contributed by atoms with E-state index in [1.807, 2.05) is 38.1 Å². The SMILES string of the molecule is C=CCc1cc(/C=C2/SC(=O)N(CCC)C2=O)cc(OCC)c1OCc1ccccc1C#N. The minimum Gasteiger partial charge on any atom is -0.490 e. The number of carbonyl (C=O) groups excluding carboxylic acids is 2. The average Bonchev–Trinajstić information content (AvgIpc) is 3.07. The monoisotopic (exact) mass is 462 g/mol. The number of hydrogen-bond donors (Lipinski definition) is 0. The Morgan fingerprint density at radius 1 is 1.15 bits per heavy atom. The van der Waals surface area contributed by atoms with E-state index in [-0.39, 0.29) is 17.8 Å². The molecular formula is C26H26N2O4S. The summed E-state index contributed by atoms with van der Waals surface area (Å²) in [6, 6.07) is 13.2. The Bertz CT molecular complexity index is 1130. The summed E-state index contributed by atoms with van der Waals surface area (Å²) in [7, 11) is 0. The summed E-state index contributed by atoms with van der Waals surface area (Å²) in [5.41, 5.74) is 2.91. The maximum Gasteiger partial charge on any atom is 0.293 e. The zero-order valence-electron chi connectivity index (χ0n) is 18.8. The molecule has 0 unspecified atom stereocenters. The maximum atomic E-state index is 12.6. The first-order chi connectivity index (χ1) is 16.0. The molecule has 2 aromatic carbocycles. The van der Waals surface area contributed by atoms with Crippen molar-refractivity contribution in [1.82, 2.24) is 4.90 Å². The van der Waals surface area contributed by atoms with E-state index in [9.17, 15) is 14.9 Å². The van der Waals surface area contributed by atoms with E-state index < -0.39 is 0 Å². The Labute approximate surface area is 198 Å². The lowest BCUT2D eigenvalue weighted by Crippen LogP contribution is -2.28. The minimum absolute atomic E-state index is 0.212. The zero-order valence-corrected chi connectivity index (χ0v) is 19.6. The minimum atomic E-state index is -0.275. The van der Waals surface area contributed by atoms with Gasteiger partial charge in [0.05, 0.1) is 23.1 Å². The summed E-state index contributed by atoms with van der Waals surface area (Å²) >= 11 is 0.947. The fourth-order valence-corrected chi connectivity index (χ4v) is 4.34. The predicted molar refractivity (Wildman–Crippen MR) is 130 cm³/mol. The molecule has 1 heterocycles. The number of carbonyl (C=O) groups is 2. The predicted octanol–water partition coefficient (Wildman–Crippen LogP) is 5.71. The second-order valence-electron chi connectivity index (χ2n) is 7.32. The van der Waals surface area contributed by atoms with Gasteiger partial charge in [-0.15, -0.1) is 6.58 Å². The standard InChI is InChI=1S/C26H26N2O4S/c1-4-9-19-13-18(15-23-25(29)28(12-5-2)26(30)33-23)14-22(31-6-3)24(19)32-17-21-11-8-7-10-20(21)16-27/h4,7-8,10-11,13-15H,1,5-6,9,12,17H2,2-3H3/b23-15+. The van der Waals surface area contributed by atoms with Crippen molar-refractivity contribution in [3.05, 3.63) is 76.2 Å². The molecule has 1 fully saturated rings. The second kappa shape index (κ2) is 11.4. The van der Waals surface area contributed by atoms with Crippen LogP contribution in [0.2, 0.25) is 0 Å². The van der Waals surface area contributed by atoms with E-state index in [0.717, 1.165) is 28.5 Å². The maximum absolute atomic E-state index is 12.6. The number of amides is 2. The van der Waals surface area contributed by atoms with Gasteiger partial charge in [-0.2, -0.15) is 5.26 Å². The molecule has 170 valence electrons. The third-order valence-electron chi connectivity index (χ3n) is 4.95. The molecule has 0 bridgehead atoms. The van der Waals surface area contributed by atoms with Gasteiger partial charge < -0.3 is 9.47 Å². The average molecular weight is 463 g/mol. The van der Waals surface area contributed by atoms with Crippen LogP contribution in [0.25, 0.3) is 6.08 Å². The number of benzene rings is 2. The number of imide groups is 1. The van der Waals surface area contributed by atoms with Crippen molar-refractivity contribution in [1.29, 1.82) is 5.26 Å². The lowest BCUT2D eigenvalue weighted by atomic mass is 10.0. The lowest BCUT2D eigenvalue weighted by molar-refractivity contribution is -0.122. The normalized spacial score (nSPS) is 14.5. The van der Waals surface area contributed by atoms with Gasteiger partial charge in [-0.1, -0.05) is 31.2 Å². The van der Waals surface area contributed by atoms with Crippen molar-refractivity contribution in [2.24, 2.45) is 0 Å². The molecule has 0 atom stereocenters. The van der Waals surface area contributed by atoms with Crippen LogP contribution in [0.5, 0.6) is 11.5 Å². The van der Waals surface area contributed by atoms with Crippen LogP contribution in [0.3, 0.4) is 0 Å². The summed E-state index contributed by atoms with van der Waals surface area (Å²) in [5, 5.41) is 9.10. The van der Waals surface area contributed by atoms with Crippen molar-refractivity contribution in [2.75, 3.05) is 13.2 Å². The zero-order chi connectivity index (χ0) is 23.8. The topological polar surface area (TPSA) is 79.6 Å². The van der Waals surface area contributed by atoms with Crippen LogP contribution >= 0.6 is 11.8 Å². The third-order valence-corrected chi connectivity index (χ3v) is 5.85. The highest BCUT2D eigenvalue weighted by atomic mass is 32.2. The van der Waals surface area contributed by atoms with Gasteiger partial charge in [-0.3, -0.25) is 14.5 Å². The lowest BCUT2D eigenvalue weighted by Gasteiger charge is -2.17. The van der Waals surface area contributed by atoms with E-state index in [1.165, 1.54) is 4.90 Å². The molecule has 1 aliphatic heterocycles. The van der Waals surface area contributed by atoms with Crippen LogP contribution in [0.1, 0.15) is 42.5 Å². The highest BCUT2D eigenvalue weighted by Gasteiger charge is 2.34. The molecule has 1 aliphatic rings. The van der Waals surface area contributed by atoms with Crippen LogP contribution in [-0.4, -0.2) is 29.2 Å². The van der Waals surface area contributed by atoms with Crippen LogP contribution < -0.4 is 9.47 Å². The summed E-state index contributed by atoms with van der Waals surface area (Å²) in [6.07, 6.45) is 4.71. The number of nitrogens with zero attached hydrogens (tertiary/aromatic N) is 2. The first kappa shape index (κ1) is 24.1. The molecule has 0 N–H and O–H groups in total. The first-order valence-electron chi connectivity index (χ1n) is 10.8. The van der Waals surface area contributed by atoms with Gasteiger partial charge >= 0.3 is 0 Å². The molecule has 2 amide bonds.